The van der Waals surface area contributed by atoms with E-state index in [0.29, 0.717) is 175 Å². The lowest BCUT2D eigenvalue weighted by Crippen LogP contribution is -2.32. The summed E-state index contributed by atoms with van der Waals surface area (Å²) in [4.78, 5) is 12.6. The maximum absolute atomic E-state index is 13.6. The van der Waals surface area contributed by atoms with Crippen molar-refractivity contribution in [3.8, 4) is 5.75 Å². The van der Waals surface area contributed by atoms with E-state index in [9.17, 15) is 34.6 Å². The smallest absolute Gasteiger partial charge is 0.305 e. The van der Waals surface area contributed by atoms with Crippen molar-refractivity contribution in [1.82, 2.24) is 0 Å². The predicted molar refractivity (Wildman–Crippen MR) is 395 cm³/mol. The van der Waals surface area contributed by atoms with Crippen molar-refractivity contribution in [3.05, 3.63) is 118 Å². The largest absolute Gasteiger partial charge is 0.481 e. The summed E-state index contributed by atoms with van der Waals surface area (Å²) in [6, 6.07) is 10.1. The number of benzene rings is 2. The quantitative estimate of drug-likeness (QED) is 0.0302. The predicted octanol–water partition coefficient (Wildman–Crippen LogP) is 6.67. The minimum atomic E-state index is -4.58. The van der Waals surface area contributed by atoms with Crippen LogP contribution in [0.5, 0.6) is 5.75 Å². The number of carbonyl (C=O) groups is 1. The summed E-state index contributed by atoms with van der Waals surface area (Å²) >= 11 is 0. The summed E-state index contributed by atoms with van der Waals surface area (Å²) in [6.07, 6.45) is 14.2. The van der Waals surface area contributed by atoms with Crippen LogP contribution >= 0.6 is 0 Å². The Kier molecular flexibility index (Phi) is 41.6. The van der Waals surface area contributed by atoms with E-state index < -0.39 is 47.2 Å². The van der Waals surface area contributed by atoms with Gasteiger partial charge in [-0.25, -0.2) is 4.58 Å². The van der Waals surface area contributed by atoms with Gasteiger partial charge in [-0.05, 0) is 123 Å². The van der Waals surface area contributed by atoms with Crippen LogP contribution in [0.2, 0.25) is 0 Å². The van der Waals surface area contributed by atoms with Gasteiger partial charge in [0.2, 0.25) is 0 Å². The second-order valence-corrected chi connectivity index (χ2v) is 30.0. The van der Waals surface area contributed by atoms with Gasteiger partial charge in [-0.3, -0.25) is 17.7 Å². The molecule has 4 aliphatic rings. The summed E-state index contributed by atoms with van der Waals surface area (Å²) in [5.41, 5.74) is 3.62. The van der Waals surface area contributed by atoms with Gasteiger partial charge in [-0.1, -0.05) is 12.2 Å². The van der Waals surface area contributed by atoms with E-state index in [-0.39, 0.29) is 112 Å². The first-order chi connectivity index (χ1) is 51.7. The van der Waals surface area contributed by atoms with Gasteiger partial charge in [0.15, 0.2) is 18.3 Å². The zero-order valence-electron chi connectivity index (χ0n) is 63.1. The summed E-state index contributed by atoms with van der Waals surface area (Å²) < 4.78 is 199. The van der Waals surface area contributed by atoms with E-state index in [2.05, 4.69) is 22.5 Å². The van der Waals surface area contributed by atoms with Crippen LogP contribution in [0.4, 0.5) is 5.69 Å². The van der Waals surface area contributed by atoms with Gasteiger partial charge in [0.1, 0.15) is 18.1 Å². The van der Waals surface area contributed by atoms with Crippen molar-refractivity contribution in [2.24, 2.45) is 5.41 Å². The number of carboxylic acid groups (broad SMARTS) is 1. The number of carboxylic acids is 1. The molecule has 2 aliphatic carbocycles. The SMILES string of the molecule is COCCOCCOCCOCC[N+]1=C(C=CC2=C(Oc3ccc(S(=O)(=O)O)cc3)C(=CC=C3N(CCOCCOCCOCCOCCC(=O)O)c4ccc(S(=O)(=O)OC)cc4C3(C)CCOCCOCCOCCOC)CCC2)C(C)(CCOCCOCCOCCOC)C2=CC(S(=O)(=O)OC)=CCC21. The van der Waals surface area contributed by atoms with Gasteiger partial charge in [0.05, 0.1) is 213 Å². The molecule has 0 amide bonds. The first kappa shape index (κ1) is 90.6. The fraction of sp³-hybridized carbons (Fsp3) is 0.649. The molecule has 2 N–H and O–H groups in total. The Labute approximate surface area is 631 Å². The van der Waals surface area contributed by atoms with E-state index in [1.165, 1.54) is 30.3 Å². The van der Waals surface area contributed by atoms with Crippen LogP contribution < -0.4 is 9.64 Å². The number of fused-ring (bicyclic) bond motifs is 2. The van der Waals surface area contributed by atoms with Gasteiger partial charge in [0.25, 0.3) is 30.4 Å². The number of ether oxygens (including phenoxy) is 17. The molecule has 0 spiro atoms. The van der Waals surface area contributed by atoms with E-state index in [4.69, 9.17) is 94.0 Å². The third kappa shape index (κ3) is 30.0. The standard InChI is InChI=1S/C74H112N2O28S3/c1-73(24-29-92-40-45-100-52-49-96-36-33-86-3)65-57-63(106(82,83)89-6)17-19-67(65)75(26-31-94-42-47-102-54-51-98-38-35-88-5)69(73)21-11-59-9-8-10-60(72(59)104-61-13-15-62(16-14-61)105(79,80)81)12-22-70-74(2,25-30-93-41-46-101-53-50-97-37-34-87-4)66-58-64(107(84,85)90-7)18-20-68(66)76(70)27-32-95-43-48-103-56-55-99-44-39-91-28-23-71(77)78/h11-18,20-22,57-58,67H,8-10,19,23-56H2,1-7H3,(H-,77,78,79,80,81)/p+1. The summed E-state index contributed by atoms with van der Waals surface area (Å²) in [5.74, 6) is -0.206. The van der Waals surface area contributed by atoms with E-state index in [0.717, 1.165) is 48.0 Å². The number of methoxy groups -OCH3 is 3. The first-order valence-corrected chi connectivity index (χ1v) is 40.3. The third-order valence-electron chi connectivity index (χ3n) is 18.0. The molecule has 604 valence electrons. The summed E-state index contributed by atoms with van der Waals surface area (Å²) in [5, 5.41) is 8.84. The highest BCUT2D eigenvalue weighted by Crippen LogP contribution is 2.51. The molecule has 33 heteroatoms. The molecule has 0 bridgehead atoms. The van der Waals surface area contributed by atoms with E-state index in [1.54, 1.807) is 45.6 Å². The number of hydrogen-bond donors (Lipinski definition) is 2. The first-order valence-electron chi connectivity index (χ1n) is 36.1. The zero-order valence-corrected chi connectivity index (χ0v) is 65.5. The third-order valence-corrected chi connectivity index (χ3v) is 21.5. The summed E-state index contributed by atoms with van der Waals surface area (Å²) in [6.45, 7) is 14.3. The highest BCUT2D eigenvalue weighted by atomic mass is 32.2. The van der Waals surface area contributed by atoms with Crippen molar-refractivity contribution in [2.45, 2.75) is 80.0 Å². The number of aliphatic carboxylic acids is 1. The van der Waals surface area contributed by atoms with Crippen LogP contribution in [0, 0.1) is 5.41 Å². The molecule has 107 heavy (non-hydrogen) atoms. The Morgan fingerprint density at radius 3 is 1.48 bits per heavy atom. The molecular weight excluding hydrogens is 1460 g/mol. The van der Waals surface area contributed by atoms with Crippen LogP contribution in [-0.2, 0) is 125 Å². The molecule has 3 unspecified atom stereocenters. The van der Waals surface area contributed by atoms with Crippen molar-refractivity contribution in [3.63, 3.8) is 0 Å². The molecule has 2 aromatic carbocycles. The van der Waals surface area contributed by atoms with Crippen LogP contribution in [0.15, 0.2) is 122 Å². The highest BCUT2D eigenvalue weighted by Gasteiger charge is 2.53. The molecule has 3 atom stereocenters. The second-order valence-electron chi connectivity index (χ2n) is 25.2. The molecule has 2 aromatic rings. The van der Waals surface area contributed by atoms with Gasteiger partial charge in [-0.2, -0.15) is 25.3 Å². The number of rotatable bonds is 61. The highest BCUT2D eigenvalue weighted by molar-refractivity contribution is 7.91. The number of hydrogen-bond acceptors (Lipinski definition) is 27. The molecule has 6 rings (SSSR count). The van der Waals surface area contributed by atoms with Crippen LogP contribution in [0.25, 0.3) is 0 Å². The average Bonchev–Trinajstić information content (AvgIpc) is 1.59. The zero-order chi connectivity index (χ0) is 77.2. The molecule has 2 aliphatic heterocycles. The topological polar surface area (TPSA) is 342 Å². The minimum Gasteiger partial charge on any atom is -0.481 e. The van der Waals surface area contributed by atoms with Crippen molar-refractivity contribution < 1.29 is 133 Å². The van der Waals surface area contributed by atoms with E-state index in [1.807, 2.05) is 25.2 Å². The normalized spacial score (nSPS) is 19.3. The van der Waals surface area contributed by atoms with Crippen molar-refractivity contribution in [2.75, 3.05) is 245 Å². The fourth-order valence-electron chi connectivity index (χ4n) is 12.4. The maximum Gasteiger partial charge on any atom is 0.305 e. The molecule has 0 saturated carbocycles. The van der Waals surface area contributed by atoms with Crippen molar-refractivity contribution >= 4 is 47.7 Å². The second kappa shape index (κ2) is 49.2. The lowest BCUT2D eigenvalue weighted by molar-refractivity contribution is -0.552. The maximum atomic E-state index is 13.6. The lowest BCUT2D eigenvalue weighted by atomic mass is 9.73. The van der Waals surface area contributed by atoms with Crippen LogP contribution in [0.1, 0.15) is 64.4 Å². The molecule has 2 heterocycles. The van der Waals surface area contributed by atoms with Crippen LogP contribution in [0.3, 0.4) is 0 Å². The van der Waals surface area contributed by atoms with Gasteiger partial charge >= 0.3 is 5.97 Å². The Hall–Kier alpha value is -5.29. The Morgan fingerprint density at radius 1 is 0.533 bits per heavy atom. The van der Waals surface area contributed by atoms with E-state index >= 15 is 0 Å². The van der Waals surface area contributed by atoms with Gasteiger partial charge < -0.3 is 90.5 Å². The lowest BCUT2D eigenvalue weighted by Gasteiger charge is -2.31. The number of allylic oxidation sites excluding steroid dienone is 8. The number of nitrogens with zero attached hydrogens (tertiary/aromatic N) is 2. The number of anilines is 1. The molecule has 0 radical (unpaired) electrons. The molecule has 0 aromatic heterocycles. The van der Waals surface area contributed by atoms with Crippen LogP contribution in [-0.4, -0.2) is 297 Å². The molecule has 30 nitrogen and oxygen atoms in total. The van der Waals surface area contributed by atoms with Gasteiger partial charge in [-0.15, -0.1) is 0 Å². The Morgan fingerprint density at radius 2 is 0.991 bits per heavy atom. The van der Waals surface area contributed by atoms with Gasteiger partial charge in [0, 0.05) is 76.0 Å². The summed E-state index contributed by atoms with van der Waals surface area (Å²) in [7, 11) is -5.82. The average molecular weight is 1570 g/mol. The molecule has 0 saturated heterocycles. The fourth-order valence-corrected chi connectivity index (χ4v) is 14.3. The molecule has 0 fully saturated rings. The minimum absolute atomic E-state index is 0.0404. The Bertz CT molecular complexity index is 3580. The van der Waals surface area contributed by atoms with Crippen molar-refractivity contribution in [1.29, 1.82) is 0 Å². The molecular formula is C74H113N2O28S3+. The Balaban J connectivity index is 1.42. The monoisotopic (exact) mass is 1570 g/mol.